The number of rotatable bonds is 2. The number of aliphatic hydroxyl groups excluding tert-OH is 1. The summed E-state index contributed by atoms with van der Waals surface area (Å²) in [5.41, 5.74) is 2.68. The molecule has 0 bridgehead atoms. The Balaban J connectivity index is 2.05. The monoisotopic (exact) mass is 236 g/mol. The van der Waals surface area contributed by atoms with Gasteiger partial charge in [-0.2, -0.15) is 0 Å². The minimum absolute atomic E-state index is 0.111. The van der Waals surface area contributed by atoms with E-state index in [9.17, 15) is 5.11 Å². The Morgan fingerprint density at radius 2 is 1.88 bits per heavy atom. The third kappa shape index (κ3) is 2.80. The van der Waals surface area contributed by atoms with E-state index in [-0.39, 0.29) is 6.10 Å². The molecule has 1 aromatic carbocycles. The summed E-state index contributed by atoms with van der Waals surface area (Å²) in [5, 5.41) is 10.3. The van der Waals surface area contributed by atoms with Gasteiger partial charge in [0.05, 0.1) is 6.10 Å². The summed E-state index contributed by atoms with van der Waals surface area (Å²) in [6.45, 7) is 4.29. The van der Waals surface area contributed by atoms with E-state index in [4.69, 9.17) is 0 Å². The average molecular weight is 236 g/mol. The molecule has 0 aromatic heterocycles. The van der Waals surface area contributed by atoms with Gasteiger partial charge in [0, 0.05) is 10.1 Å². The summed E-state index contributed by atoms with van der Waals surface area (Å²) < 4.78 is 0. The van der Waals surface area contributed by atoms with Gasteiger partial charge in [0.15, 0.2) is 0 Å². The van der Waals surface area contributed by atoms with Crippen LogP contribution in [0, 0.1) is 13.8 Å². The quantitative estimate of drug-likeness (QED) is 0.845. The molecule has 1 saturated carbocycles. The van der Waals surface area contributed by atoms with E-state index in [1.165, 1.54) is 28.9 Å². The minimum atomic E-state index is -0.111. The van der Waals surface area contributed by atoms with Crippen LogP contribution in [0.5, 0.6) is 0 Å². The molecular weight excluding hydrogens is 216 g/mol. The van der Waals surface area contributed by atoms with Crippen molar-refractivity contribution in [3.63, 3.8) is 0 Å². The van der Waals surface area contributed by atoms with E-state index in [0.717, 1.165) is 12.8 Å². The first-order chi connectivity index (χ1) is 7.66. The highest BCUT2D eigenvalue weighted by Gasteiger charge is 2.23. The predicted octanol–water partition coefficient (Wildman–Crippen LogP) is 3.70. The molecule has 1 aromatic rings. The normalized spacial score (nSPS) is 25.7. The molecule has 0 amide bonds. The van der Waals surface area contributed by atoms with Crippen molar-refractivity contribution in [2.45, 2.75) is 55.8 Å². The molecule has 0 radical (unpaired) electrons. The van der Waals surface area contributed by atoms with Crippen LogP contribution in [-0.4, -0.2) is 16.5 Å². The van der Waals surface area contributed by atoms with Gasteiger partial charge in [-0.05, 0) is 49.9 Å². The topological polar surface area (TPSA) is 20.2 Å². The van der Waals surface area contributed by atoms with Crippen molar-refractivity contribution in [1.29, 1.82) is 0 Å². The molecule has 1 N–H and O–H groups in total. The van der Waals surface area contributed by atoms with Crippen LogP contribution in [-0.2, 0) is 0 Å². The van der Waals surface area contributed by atoms with Gasteiger partial charge in [0.2, 0.25) is 0 Å². The molecule has 2 atom stereocenters. The second-order valence-electron chi connectivity index (χ2n) is 4.75. The Labute approximate surface area is 102 Å². The Kier molecular flexibility index (Phi) is 3.93. The molecule has 16 heavy (non-hydrogen) atoms. The second-order valence-corrected chi connectivity index (χ2v) is 6.07. The lowest BCUT2D eigenvalue weighted by molar-refractivity contribution is 0.137. The van der Waals surface area contributed by atoms with Crippen LogP contribution < -0.4 is 0 Å². The molecule has 0 unspecified atom stereocenters. The van der Waals surface area contributed by atoms with Crippen LogP contribution in [0.25, 0.3) is 0 Å². The fraction of sp³-hybridized carbons (Fsp3) is 0.571. The highest BCUT2D eigenvalue weighted by Crippen LogP contribution is 2.34. The van der Waals surface area contributed by atoms with Crippen LogP contribution >= 0.6 is 11.8 Å². The van der Waals surface area contributed by atoms with Crippen molar-refractivity contribution in [1.82, 2.24) is 0 Å². The van der Waals surface area contributed by atoms with Gasteiger partial charge in [-0.25, -0.2) is 0 Å². The first kappa shape index (κ1) is 12.0. The lowest BCUT2D eigenvalue weighted by atomic mass is 9.97. The third-order valence-electron chi connectivity index (χ3n) is 3.43. The van der Waals surface area contributed by atoms with Gasteiger partial charge in [-0.1, -0.05) is 18.9 Å². The Morgan fingerprint density at radius 3 is 2.56 bits per heavy atom. The van der Waals surface area contributed by atoms with E-state index in [2.05, 4.69) is 32.0 Å². The highest BCUT2D eigenvalue weighted by atomic mass is 32.2. The zero-order valence-electron chi connectivity index (χ0n) is 10.1. The van der Waals surface area contributed by atoms with E-state index >= 15 is 0 Å². The molecule has 88 valence electrons. The molecule has 2 rings (SSSR count). The summed E-state index contributed by atoms with van der Waals surface area (Å²) in [6.07, 6.45) is 4.46. The third-order valence-corrected chi connectivity index (χ3v) is 4.81. The molecule has 0 heterocycles. The number of thioether (sulfide) groups is 1. The number of hydrogen-bond donors (Lipinski definition) is 1. The molecule has 0 saturated heterocycles. The van der Waals surface area contributed by atoms with E-state index < -0.39 is 0 Å². The summed E-state index contributed by atoms with van der Waals surface area (Å²) in [7, 11) is 0. The number of hydrogen-bond acceptors (Lipinski definition) is 2. The Morgan fingerprint density at radius 1 is 1.12 bits per heavy atom. The van der Waals surface area contributed by atoms with Gasteiger partial charge in [-0.3, -0.25) is 0 Å². The van der Waals surface area contributed by atoms with E-state index in [0.29, 0.717) is 5.25 Å². The van der Waals surface area contributed by atoms with Crippen molar-refractivity contribution in [3.05, 3.63) is 29.3 Å². The lowest BCUT2D eigenvalue weighted by Gasteiger charge is -2.27. The smallest absolute Gasteiger partial charge is 0.0662 e. The van der Waals surface area contributed by atoms with Gasteiger partial charge in [-0.15, -0.1) is 11.8 Å². The van der Waals surface area contributed by atoms with Crippen LogP contribution in [0.15, 0.2) is 23.1 Å². The summed E-state index contributed by atoms with van der Waals surface area (Å²) in [6, 6.07) is 6.59. The number of aryl methyl sites for hydroxylation is 2. The largest absolute Gasteiger partial charge is 0.392 e. The zero-order valence-corrected chi connectivity index (χ0v) is 10.9. The molecule has 0 spiro atoms. The summed E-state index contributed by atoms with van der Waals surface area (Å²) in [4.78, 5) is 1.30. The first-order valence-electron chi connectivity index (χ1n) is 6.09. The van der Waals surface area contributed by atoms with Crippen molar-refractivity contribution in [2.24, 2.45) is 0 Å². The Hall–Kier alpha value is -0.470. The number of aliphatic hydroxyl groups is 1. The number of benzene rings is 1. The molecule has 1 aliphatic rings. The maximum Gasteiger partial charge on any atom is 0.0662 e. The SMILES string of the molecule is Cc1ccc(S[C@H]2CCCC[C@@H]2O)cc1C. The van der Waals surface area contributed by atoms with Crippen molar-refractivity contribution in [3.8, 4) is 0 Å². The molecular formula is C14H20OS. The molecule has 2 heteroatoms. The van der Waals surface area contributed by atoms with Gasteiger partial charge in [0.1, 0.15) is 0 Å². The van der Waals surface area contributed by atoms with Crippen molar-refractivity contribution >= 4 is 11.8 Å². The fourth-order valence-corrected chi connectivity index (χ4v) is 3.50. The lowest BCUT2D eigenvalue weighted by Crippen LogP contribution is -2.26. The molecule has 1 aliphatic carbocycles. The van der Waals surface area contributed by atoms with E-state index in [1.807, 2.05) is 11.8 Å². The van der Waals surface area contributed by atoms with E-state index in [1.54, 1.807) is 0 Å². The molecule has 0 aliphatic heterocycles. The maximum atomic E-state index is 9.93. The zero-order chi connectivity index (χ0) is 11.5. The van der Waals surface area contributed by atoms with Crippen LogP contribution in [0.1, 0.15) is 36.8 Å². The highest BCUT2D eigenvalue weighted by molar-refractivity contribution is 8.00. The predicted molar refractivity (Wildman–Crippen MR) is 70.0 cm³/mol. The maximum absolute atomic E-state index is 9.93. The van der Waals surface area contributed by atoms with Crippen LogP contribution in [0.2, 0.25) is 0 Å². The summed E-state index contributed by atoms with van der Waals surface area (Å²) >= 11 is 1.85. The molecule has 1 nitrogen and oxygen atoms in total. The standard InChI is InChI=1S/C14H20OS/c1-10-7-8-12(9-11(10)2)16-14-6-4-3-5-13(14)15/h7-9,13-15H,3-6H2,1-2H3/t13-,14-/m0/s1. The fourth-order valence-electron chi connectivity index (χ4n) is 2.18. The van der Waals surface area contributed by atoms with Gasteiger partial charge >= 0.3 is 0 Å². The first-order valence-corrected chi connectivity index (χ1v) is 6.97. The average Bonchev–Trinajstić information content (AvgIpc) is 2.27. The van der Waals surface area contributed by atoms with Gasteiger partial charge < -0.3 is 5.11 Å². The Bertz CT molecular complexity index is 362. The molecule has 1 fully saturated rings. The van der Waals surface area contributed by atoms with Crippen molar-refractivity contribution in [2.75, 3.05) is 0 Å². The minimum Gasteiger partial charge on any atom is -0.392 e. The van der Waals surface area contributed by atoms with Crippen LogP contribution in [0.4, 0.5) is 0 Å². The van der Waals surface area contributed by atoms with Crippen molar-refractivity contribution < 1.29 is 5.11 Å². The van der Waals surface area contributed by atoms with Crippen LogP contribution in [0.3, 0.4) is 0 Å². The second kappa shape index (κ2) is 5.24. The van der Waals surface area contributed by atoms with Gasteiger partial charge in [0.25, 0.3) is 0 Å². The summed E-state index contributed by atoms with van der Waals surface area (Å²) in [5.74, 6) is 0.